The van der Waals surface area contributed by atoms with Gasteiger partial charge >= 0.3 is 0 Å². The molecule has 1 atom stereocenters. The van der Waals surface area contributed by atoms with Gasteiger partial charge in [-0.1, -0.05) is 23.2 Å². The summed E-state index contributed by atoms with van der Waals surface area (Å²) < 4.78 is 0. The van der Waals surface area contributed by atoms with Gasteiger partial charge in [-0.2, -0.15) is 0 Å². The lowest BCUT2D eigenvalue weighted by atomic mass is 10.3. The summed E-state index contributed by atoms with van der Waals surface area (Å²) in [6.07, 6.45) is 1.41. The molecule has 0 aromatic carbocycles. The maximum Gasteiger partial charge on any atom is 0.241 e. The molecule has 0 spiro atoms. The van der Waals surface area contributed by atoms with Crippen molar-refractivity contribution in [3.63, 3.8) is 0 Å². The topological polar surface area (TPSA) is 68.0 Å². The summed E-state index contributed by atoms with van der Waals surface area (Å²) in [5.41, 5.74) is 5.83. The van der Waals surface area contributed by atoms with Crippen molar-refractivity contribution in [2.45, 2.75) is 13.0 Å². The molecule has 0 aliphatic rings. The molecule has 0 saturated carbocycles. The molecular formula is C8H10Cl3N3O. The van der Waals surface area contributed by atoms with Gasteiger partial charge in [-0.05, 0) is 13.0 Å². The molecular weight excluding hydrogens is 260 g/mol. The Morgan fingerprint density at radius 1 is 1.60 bits per heavy atom. The van der Waals surface area contributed by atoms with Gasteiger partial charge in [0.2, 0.25) is 5.91 Å². The summed E-state index contributed by atoms with van der Waals surface area (Å²) in [5.74, 6) is -0.301. The fraction of sp³-hybridized carbons (Fsp3) is 0.250. The Morgan fingerprint density at radius 3 is 2.67 bits per heavy atom. The number of rotatable bonds is 2. The average molecular weight is 271 g/mol. The molecule has 0 aliphatic carbocycles. The van der Waals surface area contributed by atoms with Gasteiger partial charge < -0.3 is 11.1 Å². The largest absolute Gasteiger partial charge is 0.323 e. The Hall–Kier alpha value is -0.550. The van der Waals surface area contributed by atoms with Gasteiger partial charge in [-0.25, -0.2) is 4.98 Å². The molecule has 0 radical (unpaired) electrons. The van der Waals surface area contributed by atoms with Gasteiger partial charge in [0, 0.05) is 0 Å². The second-order valence-electron chi connectivity index (χ2n) is 2.77. The van der Waals surface area contributed by atoms with E-state index in [2.05, 4.69) is 10.3 Å². The highest BCUT2D eigenvalue weighted by atomic mass is 35.5. The van der Waals surface area contributed by atoms with E-state index < -0.39 is 6.04 Å². The van der Waals surface area contributed by atoms with Gasteiger partial charge in [0.15, 0.2) is 0 Å². The molecule has 7 heteroatoms. The molecule has 3 N–H and O–H groups in total. The molecule has 1 aromatic rings. The molecule has 4 nitrogen and oxygen atoms in total. The summed E-state index contributed by atoms with van der Waals surface area (Å²) in [6, 6.07) is 0.932. The number of nitrogens with zero attached hydrogens (tertiary/aromatic N) is 1. The van der Waals surface area contributed by atoms with Crippen LogP contribution in [-0.2, 0) is 4.79 Å². The first-order chi connectivity index (χ1) is 6.50. The van der Waals surface area contributed by atoms with E-state index in [1.165, 1.54) is 12.3 Å². The number of aromatic nitrogens is 1. The third kappa shape index (κ3) is 4.22. The van der Waals surface area contributed by atoms with Crippen LogP contribution in [0.3, 0.4) is 0 Å². The molecule has 1 aromatic heterocycles. The van der Waals surface area contributed by atoms with E-state index in [1.807, 2.05) is 0 Å². The average Bonchev–Trinajstić information content (AvgIpc) is 2.11. The second kappa shape index (κ2) is 6.12. The number of nitrogens with two attached hydrogens (primary N) is 1. The minimum absolute atomic E-state index is 0. The van der Waals surface area contributed by atoms with Gasteiger partial charge in [0.1, 0.15) is 5.15 Å². The van der Waals surface area contributed by atoms with Crippen LogP contribution in [0.15, 0.2) is 12.3 Å². The highest BCUT2D eigenvalue weighted by Gasteiger charge is 2.08. The third-order valence-corrected chi connectivity index (χ3v) is 2.16. The normalized spacial score (nSPS) is 11.5. The molecule has 0 bridgehead atoms. The van der Waals surface area contributed by atoms with Crippen molar-refractivity contribution in [2.24, 2.45) is 5.73 Å². The lowest BCUT2D eigenvalue weighted by molar-refractivity contribution is -0.117. The van der Waals surface area contributed by atoms with Crippen LogP contribution in [0.4, 0.5) is 5.69 Å². The number of hydrogen-bond donors (Lipinski definition) is 2. The van der Waals surface area contributed by atoms with E-state index in [1.54, 1.807) is 6.92 Å². The van der Waals surface area contributed by atoms with Crippen LogP contribution >= 0.6 is 35.6 Å². The van der Waals surface area contributed by atoms with Crippen molar-refractivity contribution < 1.29 is 4.79 Å². The molecule has 1 heterocycles. The lowest BCUT2D eigenvalue weighted by Gasteiger charge is -2.07. The Labute approximate surface area is 104 Å². The molecule has 0 saturated heterocycles. The molecule has 0 fully saturated rings. The smallest absolute Gasteiger partial charge is 0.241 e. The number of nitrogens with one attached hydrogen (secondary N) is 1. The number of amides is 1. The standard InChI is InChI=1S/C8H9Cl2N3O.ClH/c1-4(11)8(14)13-5-2-6(9)7(10)12-3-5;/h2-4H,11H2,1H3,(H,13,14);1H. The molecule has 0 aliphatic heterocycles. The number of halogens is 3. The zero-order valence-corrected chi connectivity index (χ0v) is 10.2. The summed E-state index contributed by atoms with van der Waals surface area (Å²) in [5, 5.41) is 3.03. The van der Waals surface area contributed by atoms with Gasteiger partial charge in [-0.15, -0.1) is 12.4 Å². The summed E-state index contributed by atoms with van der Waals surface area (Å²) >= 11 is 11.3. The van der Waals surface area contributed by atoms with Gasteiger partial charge in [0.05, 0.1) is 22.9 Å². The van der Waals surface area contributed by atoms with Crippen LogP contribution in [-0.4, -0.2) is 16.9 Å². The lowest BCUT2D eigenvalue weighted by Crippen LogP contribution is -2.32. The Balaban J connectivity index is 0.00000196. The third-order valence-electron chi connectivity index (χ3n) is 1.48. The number of hydrogen-bond acceptors (Lipinski definition) is 3. The number of carbonyl (C=O) groups is 1. The number of carbonyl (C=O) groups excluding carboxylic acids is 1. The zero-order chi connectivity index (χ0) is 10.7. The first-order valence-electron chi connectivity index (χ1n) is 3.88. The van der Waals surface area contributed by atoms with Crippen molar-refractivity contribution in [1.82, 2.24) is 4.98 Å². The molecule has 1 amide bonds. The Kier molecular flexibility index (Phi) is 5.90. The Morgan fingerprint density at radius 2 is 2.20 bits per heavy atom. The molecule has 1 rings (SSSR count). The molecule has 15 heavy (non-hydrogen) atoms. The molecule has 84 valence electrons. The number of pyridine rings is 1. The minimum atomic E-state index is -0.579. The fourth-order valence-corrected chi connectivity index (χ4v) is 1.02. The second-order valence-corrected chi connectivity index (χ2v) is 3.54. The maximum atomic E-state index is 11.2. The van der Waals surface area contributed by atoms with E-state index in [0.717, 1.165) is 0 Å². The number of anilines is 1. The fourth-order valence-electron chi connectivity index (χ4n) is 0.746. The maximum absolute atomic E-state index is 11.2. The van der Waals surface area contributed by atoms with Gasteiger partial charge in [-0.3, -0.25) is 4.79 Å². The van der Waals surface area contributed by atoms with Crippen molar-refractivity contribution in [2.75, 3.05) is 5.32 Å². The summed E-state index contributed by atoms with van der Waals surface area (Å²) in [7, 11) is 0. The molecule has 1 unspecified atom stereocenters. The van der Waals surface area contributed by atoms with Crippen LogP contribution < -0.4 is 11.1 Å². The highest BCUT2D eigenvalue weighted by Crippen LogP contribution is 2.22. The predicted molar refractivity (Wildman–Crippen MR) is 63.8 cm³/mol. The minimum Gasteiger partial charge on any atom is -0.323 e. The van der Waals surface area contributed by atoms with E-state index in [0.29, 0.717) is 5.69 Å². The highest BCUT2D eigenvalue weighted by molar-refractivity contribution is 6.41. The van der Waals surface area contributed by atoms with Crippen LogP contribution in [0.25, 0.3) is 0 Å². The van der Waals surface area contributed by atoms with Gasteiger partial charge in [0.25, 0.3) is 0 Å². The van der Waals surface area contributed by atoms with E-state index in [-0.39, 0.29) is 28.5 Å². The van der Waals surface area contributed by atoms with Crippen LogP contribution in [0.1, 0.15) is 6.92 Å². The SMILES string of the molecule is CC(N)C(=O)Nc1cnc(Cl)c(Cl)c1.Cl. The summed E-state index contributed by atoms with van der Waals surface area (Å²) in [6.45, 7) is 1.58. The van der Waals surface area contributed by atoms with E-state index in [9.17, 15) is 4.79 Å². The van der Waals surface area contributed by atoms with Crippen molar-refractivity contribution in [3.05, 3.63) is 22.4 Å². The van der Waals surface area contributed by atoms with Crippen molar-refractivity contribution in [1.29, 1.82) is 0 Å². The Bertz CT molecular complexity index is 357. The monoisotopic (exact) mass is 269 g/mol. The zero-order valence-electron chi connectivity index (χ0n) is 7.83. The van der Waals surface area contributed by atoms with E-state index >= 15 is 0 Å². The van der Waals surface area contributed by atoms with Crippen molar-refractivity contribution >= 4 is 47.2 Å². The van der Waals surface area contributed by atoms with Crippen LogP contribution in [0, 0.1) is 0 Å². The first kappa shape index (κ1) is 14.5. The van der Waals surface area contributed by atoms with Crippen molar-refractivity contribution in [3.8, 4) is 0 Å². The van der Waals surface area contributed by atoms with Crippen LogP contribution in [0.2, 0.25) is 10.2 Å². The predicted octanol–water partition coefficient (Wildman–Crippen LogP) is 2.10. The summed E-state index contributed by atoms with van der Waals surface area (Å²) in [4.78, 5) is 14.9. The van der Waals surface area contributed by atoms with E-state index in [4.69, 9.17) is 28.9 Å². The quantitative estimate of drug-likeness (QED) is 0.809. The van der Waals surface area contributed by atoms with Crippen LogP contribution in [0.5, 0.6) is 0 Å². The first-order valence-corrected chi connectivity index (χ1v) is 4.64.